The fourth-order valence-electron chi connectivity index (χ4n) is 2.65. The van der Waals surface area contributed by atoms with E-state index in [1.165, 1.54) is 0 Å². The van der Waals surface area contributed by atoms with E-state index in [0.717, 1.165) is 34.3 Å². The lowest BCUT2D eigenvalue weighted by molar-refractivity contribution is 0.301. The monoisotopic (exact) mass is 343 g/mol. The maximum Gasteiger partial charge on any atom is 0.197 e. The molecule has 0 aliphatic heterocycles. The molecule has 0 fully saturated rings. The minimum Gasteiger partial charge on any atom is -0.487 e. The van der Waals surface area contributed by atoms with Crippen LogP contribution in [0.1, 0.15) is 17.1 Å². The van der Waals surface area contributed by atoms with E-state index in [9.17, 15) is 0 Å². The molecular weight excluding hydrogens is 326 g/mol. The van der Waals surface area contributed by atoms with Crippen molar-refractivity contribution in [3.63, 3.8) is 0 Å². The number of H-pyrrole nitrogens is 1. The Bertz CT molecular complexity index is 1030. The summed E-state index contributed by atoms with van der Waals surface area (Å²) < 4.78 is 5.91. The third-order valence-corrected chi connectivity index (χ3v) is 3.92. The molecule has 0 unspecified atom stereocenters. The molecule has 0 aliphatic rings. The highest BCUT2D eigenvalue weighted by Gasteiger charge is 2.01. The summed E-state index contributed by atoms with van der Waals surface area (Å²) in [5, 5.41) is 14.8. The van der Waals surface area contributed by atoms with Crippen LogP contribution in [0, 0.1) is 0 Å². The van der Waals surface area contributed by atoms with Crippen LogP contribution in [-0.4, -0.2) is 25.6 Å². The van der Waals surface area contributed by atoms with E-state index in [2.05, 4.69) is 43.8 Å². The number of rotatable bonds is 6. The van der Waals surface area contributed by atoms with Crippen LogP contribution in [0.25, 0.3) is 17.0 Å². The number of para-hydroxylation sites is 1. The predicted octanol–water partition coefficient (Wildman–Crippen LogP) is 3.58. The maximum absolute atomic E-state index is 5.91. The van der Waals surface area contributed by atoms with Crippen molar-refractivity contribution in [1.82, 2.24) is 25.6 Å². The Morgan fingerprint density at radius 3 is 2.88 bits per heavy atom. The number of hydrogen-bond donors (Lipinski definition) is 1. The fourth-order valence-corrected chi connectivity index (χ4v) is 2.65. The van der Waals surface area contributed by atoms with Gasteiger partial charge in [-0.05, 0) is 47.5 Å². The first-order valence-electron chi connectivity index (χ1n) is 8.33. The van der Waals surface area contributed by atoms with Gasteiger partial charge in [-0.15, -0.1) is 10.2 Å². The van der Waals surface area contributed by atoms with Gasteiger partial charge in [0.25, 0.3) is 0 Å². The Kier molecular flexibility index (Phi) is 4.64. The predicted molar refractivity (Wildman–Crippen MR) is 99.4 cm³/mol. The SMILES string of the molecule is C(=Cc1nn[nH]n1)Cc1cccc(OCc2ccc3ccccc3n2)c1. The maximum atomic E-state index is 5.91. The van der Waals surface area contributed by atoms with Crippen molar-refractivity contribution >= 4 is 17.0 Å². The van der Waals surface area contributed by atoms with Gasteiger partial charge in [0.05, 0.1) is 11.2 Å². The third-order valence-electron chi connectivity index (χ3n) is 3.92. The summed E-state index contributed by atoms with van der Waals surface area (Å²) in [6.45, 7) is 0.437. The zero-order valence-electron chi connectivity index (χ0n) is 14.0. The van der Waals surface area contributed by atoms with Gasteiger partial charge in [-0.3, -0.25) is 0 Å². The van der Waals surface area contributed by atoms with Crippen LogP contribution in [0.4, 0.5) is 0 Å². The van der Waals surface area contributed by atoms with E-state index in [-0.39, 0.29) is 0 Å². The van der Waals surface area contributed by atoms with Gasteiger partial charge in [-0.1, -0.05) is 42.5 Å². The van der Waals surface area contributed by atoms with Gasteiger partial charge in [0, 0.05) is 5.39 Å². The van der Waals surface area contributed by atoms with Gasteiger partial charge in [0.1, 0.15) is 12.4 Å². The van der Waals surface area contributed by atoms with Gasteiger partial charge < -0.3 is 4.74 Å². The molecule has 0 amide bonds. The number of hydrogen-bond acceptors (Lipinski definition) is 5. The molecule has 2 aromatic carbocycles. The summed E-state index contributed by atoms with van der Waals surface area (Å²) in [5.74, 6) is 1.39. The zero-order chi connectivity index (χ0) is 17.6. The molecule has 0 spiro atoms. The molecule has 0 atom stereocenters. The number of aromatic amines is 1. The van der Waals surface area contributed by atoms with E-state index in [4.69, 9.17) is 4.74 Å². The Hall–Kier alpha value is -3.54. The summed E-state index contributed by atoms with van der Waals surface area (Å²) in [4.78, 5) is 4.63. The largest absolute Gasteiger partial charge is 0.487 e. The highest BCUT2D eigenvalue weighted by molar-refractivity contribution is 5.78. The number of pyridine rings is 1. The first-order valence-corrected chi connectivity index (χ1v) is 8.33. The highest BCUT2D eigenvalue weighted by Crippen LogP contribution is 2.17. The molecule has 0 radical (unpaired) electrons. The smallest absolute Gasteiger partial charge is 0.197 e. The fraction of sp³-hybridized carbons (Fsp3) is 0.100. The molecule has 4 aromatic rings. The standard InChI is InChI=1S/C20H17N5O/c1-2-9-19-16(7-1)11-12-17(21-19)14-26-18-8-3-5-15(13-18)6-4-10-20-22-24-25-23-20/h1-5,7-13H,6,14H2,(H,22,23,24,25). The first-order chi connectivity index (χ1) is 12.9. The van der Waals surface area contributed by atoms with Crippen LogP contribution < -0.4 is 4.74 Å². The lowest BCUT2D eigenvalue weighted by Crippen LogP contribution is -1.98. The van der Waals surface area contributed by atoms with E-state index in [0.29, 0.717) is 12.4 Å². The highest BCUT2D eigenvalue weighted by atomic mass is 16.5. The minimum atomic E-state index is 0.437. The number of nitrogens with zero attached hydrogens (tertiary/aromatic N) is 4. The van der Waals surface area contributed by atoms with Gasteiger partial charge in [-0.2, -0.15) is 5.21 Å². The van der Waals surface area contributed by atoms with Gasteiger partial charge in [0.15, 0.2) is 5.82 Å². The second-order valence-corrected chi connectivity index (χ2v) is 5.81. The summed E-state index contributed by atoms with van der Waals surface area (Å²) >= 11 is 0. The number of nitrogens with one attached hydrogen (secondary N) is 1. The number of ether oxygens (including phenoxy) is 1. The summed E-state index contributed by atoms with van der Waals surface area (Å²) in [6.07, 6.45) is 4.59. The zero-order valence-corrected chi connectivity index (χ0v) is 14.0. The Morgan fingerprint density at radius 2 is 1.96 bits per heavy atom. The molecular formula is C20H17N5O. The average molecular weight is 343 g/mol. The quantitative estimate of drug-likeness (QED) is 0.579. The van der Waals surface area contributed by atoms with E-state index >= 15 is 0 Å². The molecule has 0 saturated heterocycles. The van der Waals surface area contributed by atoms with Crippen LogP contribution in [0.3, 0.4) is 0 Å². The summed E-state index contributed by atoms with van der Waals surface area (Å²) in [5.41, 5.74) is 3.04. The van der Waals surface area contributed by atoms with E-state index < -0.39 is 0 Å². The Morgan fingerprint density at radius 1 is 1.00 bits per heavy atom. The molecule has 6 nitrogen and oxygen atoms in total. The lowest BCUT2D eigenvalue weighted by atomic mass is 10.1. The molecule has 6 heteroatoms. The first kappa shape index (κ1) is 16.0. The number of tetrazole rings is 1. The third kappa shape index (κ3) is 3.92. The molecule has 2 aromatic heterocycles. The molecule has 0 aliphatic carbocycles. The van der Waals surface area contributed by atoms with Crippen LogP contribution in [0.15, 0.2) is 66.7 Å². The molecule has 0 bridgehead atoms. The van der Waals surface area contributed by atoms with Gasteiger partial charge >= 0.3 is 0 Å². The average Bonchev–Trinajstić information content (AvgIpc) is 3.20. The topological polar surface area (TPSA) is 76.6 Å². The van der Waals surface area contributed by atoms with Crippen molar-refractivity contribution in [1.29, 1.82) is 0 Å². The van der Waals surface area contributed by atoms with Crippen molar-refractivity contribution in [2.75, 3.05) is 0 Å². The second-order valence-electron chi connectivity index (χ2n) is 5.81. The molecule has 128 valence electrons. The Labute approximate surface area is 150 Å². The van der Waals surface area contributed by atoms with Crippen molar-refractivity contribution in [2.24, 2.45) is 0 Å². The van der Waals surface area contributed by atoms with E-state index in [1.807, 2.05) is 54.6 Å². The molecule has 1 N–H and O–H groups in total. The summed E-state index contributed by atoms with van der Waals surface area (Å²) in [6, 6.07) is 20.2. The van der Waals surface area contributed by atoms with Crippen molar-refractivity contribution in [3.8, 4) is 5.75 Å². The number of benzene rings is 2. The Balaban J connectivity index is 1.39. The normalized spacial score (nSPS) is 11.2. The van der Waals surface area contributed by atoms with Gasteiger partial charge in [-0.25, -0.2) is 4.98 Å². The van der Waals surface area contributed by atoms with Crippen molar-refractivity contribution in [2.45, 2.75) is 13.0 Å². The number of allylic oxidation sites excluding steroid dienone is 1. The molecule has 2 heterocycles. The molecule has 0 saturated carbocycles. The van der Waals surface area contributed by atoms with Crippen molar-refractivity contribution < 1.29 is 4.74 Å². The minimum absolute atomic E-state index is 0.437. The number of aromatic nitrogens is 5. The summed E-state index contributed by atoms with van der Waals surface area (Å²) in [7, 11) is 0. The molecule has 4 rings (SSSR count). The van der Waals surface area contributed by atoms with Crippen LogP contribution in [0.2, 0.25) is 0 Å². The van der Waals surface area contributed by atoms with Crippen LogP contribution in [-0.2, 0) is 13.0 Å². The second kappa shape index (κ2) is 7.57. The molecule has 26 heavy (non-hydrogen) atoms. The number of fused-ring (bicyclic) bond motifs is 1. The van der Waals surface area contributed by atoms with E-state index in [1.54, 1.807) is 0 Å². The van der Waals surface area contributed by atoms with Crippen LogP contribution >= 0.6 is 0 Å². The van der Waals surface area contributed by atoms with Crippen molar-refractivity contribution in [3.05, 3.63) is 83.8 Å². The lowest BCUT2D eigenvalue weighted by Gasteiger charge is -2.08. The van der Waals surface area contributed by atoms with Gasteiger partial charge in [0.2, 0.25) is 0 Å². The van der Waals surface area contributed by atoms with Crippen LogP contribution in [0.5, 0.6) is 5.75 Å².